The molecule has 0 heterocycles. The summed E-state index contributed by atoms with van der Waals surface area (Å²) in [6.07, 6.45) is 3.94. The summed E-state index contributed by atoms with van der Waals surface area (Å²) in [5.41, 5.74) is 10.5. The van der Waals surface area contributed by atoms with Crippen molar-refractivity contribution in [2.75, 3.05) is 6.54 Å². The summed E-state index contributed by atoms with van der Waals surface area (Å²) in [4.78, 5) is 3.93. The molecule has 0 saturated heterocycles. The number of nitrogens with zero attached hydrogens (tertiary/aromatic N) is 1. The molecule has 4 nitrogen and oxygen atoms in total. The third-order valence-electron chi connectivity index (χ3n) is 2.41. The van der Waals surface area contributed by atoms with Gasteiger partial charge in [-0.05, 0) is 25.0 Å². The second kappa shape index (κ2) is 8.17. The summed E-state index contributed by atoms with van der Waals surface area (Å²) >= 11 is 0. The van der Waals surface area contributed by atoms with Crippen molar-refractivity contribution in [3.8, 4) is 5.75 Å². The summed E-state index contributed by atoms with van der Waals surface area (Å²) in [7, 11) is 0. The standard InChI is InChI=1S/C14H21N3O/c1-12(18-13-9-5-2-6-10-13)8-4-3-7-11-17-14(15)16/h2,5-6,9-10H,1,3-4,7-8,11H2,(H4,15,16,17). The van der Waals surface area contributed by atoms with E-state index in [2.05, 4.69) is 11.6 Å². The van der Waals surface area contributed by atoms with Crippen molar-refractivity contribution in [1.29, 1.82) is 0 Å². The molecule has 0 saturated carbocycles. The van der Waals surface area contributed by atoms with E-state index in [4.69, 9.17) is 16.2 Å². The van der Waals surface area contributed by atoms with Crippen LogP contribution in [-0.4, -0.2) is 12.5 Å². The van der Waals surface area contributed by atoms with Gasteiger partial charge in [-0.25, -0.2) is 0 Å². The zero-order chi connectivity index (χ0) is 13.2. The largest absolute Gasteiger partial charge is 0.462 e. The number of allylic oxidation sites excluding steroid dienone is 1. The van der Waals surface area contributed by atoms with E-state index >= 15 is 0 Å². The van der Waals surface area contributed by atoms with Gasteiger partial charge in [-0.15, -0.1) is 0 Å². The zero-order valence-electron chi connectivity index (χ0n) is 10.6. The second-order valence-corrected chi connectivity index (χ2v) is 4.07. The van der Waals surface area contributed by atoms with Crippen LogP contribution in [0.25, 0.3) is 0 Å². The lowest BCUT2D eigenvalue weighted by atomic mass is 10.2. The number of nitrogens with two attached hydrogens (primary N) is 2. The van der Waals surface area contributed by atoms with Crippen molar-refractivity contribution in [3.05, 3.63) is 42.7 Å². The number of aliphatic imine (C=N–C) groups is 1. The number of rotatable bonds is 8. The molecule has 0 aliphatic heterocycles. The lowest BCUT2D eigenvalue weighted by Crippen LogP contribution is -2.22. The maximum atomic E-state index is 5.60. The number of hydrogen-bond donors (Lipinski definition) is 2. The van der Waals surface area contributed by atoms with Gasteiger partial charge in [0, 0.05) is 13.0 Å². The molecule has 0 aliphatic rings. The van der Waals surface area contributed by atoms with Gasteiger partial charge in [0.25, 0.3) is 0 Å². The molecule has 0 fully saturated rings. The van der Waals surface area contributed by atoms with E-state index in [0.717, 1.165) is 37.2 Å². The minimum Gasteiger partial charge on any atom is -0.462 e. The van der Waals surface area contributed by atoms with E-state index < -0.39 is 0 Å². The fourth-order valence-corrected chi connectivity index (χ4v) is 1.53. The fraction of sp³-hybridized carbons (Fsp3) is 0.357. The first-order chi connectivity index (χ1) is 8.68. The Morgan fingerprint density at radius 1 is 1.11 bits per heavy atom. The molecule has 0 aliphatic carbocycles. The molecule has 1 aromatic carbocycles. The van der Waals surface area contributed by atoms with Gasteiger partial charge in [0.05, 0.1) is 5.76 Å². The Labute approximate surface area is 108 Å². The zero-order valence-corrected chi connectivity index (χ0v) is 10.6. The Kier molecular flexibility index (Phi) is 6.40. The van der Waals surface area contributed by atoms with Crippen molar-refractivity contribution in [2.45, 2.75) is 25.7 Å². The third-order valence-corrected chi connectivity index (χ3v) is 2.41. The fourth-order valence-electron chi connectivity index (χ4n) is 1.53. The van der Waals surface area contributed by atoms with Gasteiger partial charge in [0.1, 0.15) is 5.75 Å². The van der Waals surface area contributed by atoms with Gasteiger partial charge < -0.3 is 16.2 Å². The topological polar surface area (TPSA) is 73.6 Å². The third kappa shape index (κ3) is 6.58. The maximum Gasteiger partial charge on any atom is 0.185 e. The molecule has 1 aromatic rings. The predicted molar refractivity (Wildman–Crippen MR) is 75.4 cm³/mol. The van der Waals surface area contributed by atoms with Crippen LogP contribution < -0.4 is 16.2 Å². The van der Waals surface area contributed by atoms with Crippen LogP contribution in [0.4, 0.5) is 0 Å². The number of ether oxygens (including phenoxy) is 1. The number of unbranched alkanes of at least 4 members (excludes halogenated alkanes) is 2. The average molecular weight is 247 g/mol. The first-order valence-electron chi connectivity index (χ1n) is 6.14. The van der Waals surface area contributed by atoms with E-state index in [1.807, 2.05) is 30.3 Å². The molecule has 0 bridgehead atoms. The highest BCUT2D eigenvalue weighted by Crippen LogP contribution is 2.15. The number of para-hydroxylation sites is 1. The van der Waals surface area contributed by atoms with Crippen molar-refractivity contribution in [1.82, 2.24) is 0 Å². The van der Waals surface area contributed by atoms with E-state index in [-0.39, 0.29) is 5.96 Å². The normalized spacial score (nSPS) is 9.78. The first-order valence-corrected chi connectivity index (χ1v) is 6.14. The first kappa shape index (κ1) is 14.1. The minimum atomic E-state index is 0.159. The van der Waals surface area contributed by atoms with Gasteiger partial charge in [0.15, 0.2) is 5.96 Å². The second-order valence-electron chi connectivity index (χ2n) is 4.07. The van der Waals surface area contributed by atoms with Crippen molar-refractivity contribution >= 4 is 5.96 Å². The Morgan fingerprint density at radius 3 is 2.50 bits per heavy atom. The molecular formula is C14H21N3O. The predicted octanol–water partition coefficient (Wildman–Crippen LogP) is 2.41. The molecule has 0 atom stereocenters. The maximum absolute atomic E-state index is 5.60. The van der Waals surface area contributed by atoms with Crippen LogP contribution in [0, 0.1) is 0 Å². The molecule has 1 rings (SSSR count). The van der Waals surface area contributed by atoms with Crippen LogP contribution >= 0.6 is 0 Å². The molecule has 4 N–H and O–H groups in total. The Hall–Kier alpha value is -1.97. The Balaban J connectivity index is 2.09. The van der Waals surface area contributed by atoms with Crippen LogP contribution in [0.15, 0.2) is 47.7 Å². The molecule has 0 spiro atoms. The van der Waals surface area contributed by atoms with E-state index in [9.17, 15) is 0 Å². The SMILES string of the molecule is C=C(CCCCCN=C(N)N)Oc1ccccc1. The number of hydrogen-bond acceptors (Lipinski definition) is 2. The quantitative estimate of drug-likeness (QED) is 0.320. The van der Waals surface area contributed by atoms with Gasteiger partial charge in [-0.3, -0.25) is 4.99 Å². The average Bonchev–Trinajstić information content (AvgIpc) is 2.34. The number of guanidine groups is 1. The summed E-state index contributed by atoms with van der Waals surface area (Å²) in [5.74, 6) is 1.79. The highest BCUT2D eigenvalue weighted by atomic mass is 16.5. The van der Waals surface area contributed by atoms with Crippen LogP contribution in [-0.2, 0) is 0 Å². The molecule has 98 valence electrons. The van der Waals surface area contributed by atoms with E-state index in [0.29, 0.717) is 6.54 Å². The number of benzene rings is 1. The smallest absolute Gasteiger partial charge is 0.185 e. The van der Waals surface area contributed by atoms with Crippen LogP contribution in [0.3, 0.4) is 0 Å². The molecule has 0 radical (unpaired) electrons. The Bertz CT molecular complexity index is 383. The van der Waals surface area contributed by atoms with Crippen molar-refractivity contribution in [3.63, 3.8) is 0 Å². The lowest BCUT2D eigenvalue weighted by Gasteiger charge is -2.08. The Morgan fingerprint density at radius 2 is 1.83 bits per heavy atom. The summed E-state index contributed by atoms with van der Waals surface area (Å²) in [5, 5.41) is 0. The van der Waals surface area contributed by atoms with Crippen LogP contribution in [0.1, 0.15) is 25.7 Å². The van der Waals surface area contributed by atoms with Gasteiger partial charge in [-0.2, -0.15) is 0 Å². The van der Waals surface area contributed by atoms with Gasteiger partial charge in [-0.1, -0.05) is 31.2 Å². The lowest BCUT2D eigenvalue weighted by molar-refractivity contribution is 0.399. The highest BCUT2D eigenvalue weighted by molar-refractivity contribution is 5.75. The van der Waals surface area contributed by atoms with E-state index in [1.54, 1.807) is 0 Å². The van der Waals surface area contributed by atoms with Crippen LogP contribution in [0.5, 0.6) is 5.75 Å². The van der Waals surface area contributed by atoms with E-state index in [1.165, 1.54) is 0 Å². The minimum absolute atomic E-state index is 0.159. The monoisotopic (exact) mass is 247 g/mol. The van der Waals surface area contributed by atoms with Crippen molar-refractivity contribution in [2.24, 2.45) is 16.5 Å². The summed E-state index contributed by atoms with van der Waals surface area (Å²) in [6, 6.07) is 9.68. The molecule has 18 heavy (non-hydrogen) atoms. The van der Waals surface area contributed by atoms with Gasteiger partial charge >= 0.3 is 0 Å². The molecule has 0 amide bonds. The highest BCUT2D eigenvalue weighted by Gasteiger charge is 1.98. The molecule has 0 aromatic heterocycles. The molecular weight excluding hydrogens is 226 g/mol. The summed E-state index contributed by atoms with van der Waals surface area (Å²) in [6.45, 7) is 4.60. The van der Waals surface area contributed by atoms with Crippen LogP contribution in [0.2, 0.25) is 0 Å². The molecule has 4 heteroatoms. The summed E-state index contributed by atoms with van der Waals surface area (Å²) < 4.78 is 5.60. The van der Waals surface area contributed by atoms with Crippen molar-refractivity contribution < 1.29 is 4.74 Å². The van der Waals surface area contributed by atoms with Gasteiger partial charge in [0.2, 0.25) is 0 Å². The molecule has 0 unspecified atom stereocenters.